The summed E-state index contributed by atoms with van der Waals surface area (Å²) in [7, 11) is -3.23. The van der Waals surface area contributed by atoms with Crippen LogP contribution in [0.4, 0.5) is 17.1 Å². The van der Waals surface area contributed by atoms with Gasteiger partial charge in [0.2, 0.25) is 0 Å². The van der Waals surface area contributed by atoms with Crippen molar-refractivity contribution < 1.29 is 4.57 Å². The first kappa shape index (κ1) is 26.7. The van der Waals surface area contributed by atoms with Crippen LogP contribution < -0.4 is 20.8 Å². The van der Waals surface area contributed by atoms with Crippen LogP contribution in [0.2, 0.25) is 0 Å². The lowest BCUT2D eigenvalue weighted by Gasteiger charge is -2.38. The fourth-order valence-corrected chi connectivity index (χ4v) is 10.0. The standard InChI is InChI=1S/C41H28N3OP/c45-46(33-13-5-2-6-14-33)40-18-10-9-17-38(40)44(31-11-3-1-4-12-31)39-22-20-30(28-41(39)46)29-19-21-37-35(27-29)34-15-7-8-16-36(34)43(37)32-23-25-42-26-24-32/h1-28H. The third-order valence-electron chi connectivity index (χ3n) is 9.08. The molecule has 46 heavy (non-hydrogen) atoms. The predicted molar refractivity (Wildman–Crippen MR) is 192 cm³/mol. The molecule has 0 bridgehead atoms. The van der Waals surface area contributed by atoms with Crippen LogP contribution in [-0.4, -0.2) is 9.55 Å². The average Bonchev–Trinajstić information content (AvgIpc) is 3.46. The number of aromatic nitrogens is 2. The van der Waals surface area contributed by atoms with E-state index in [0.717, 1.165) is 60.8 Å². The maximum Gasteiger partial charge on any atom is 0.175 e. The first-order valence-corrected chi connectivity index (χ1v) is 17.1. The largest absolute Gasteiger partial charge is 0.309 e. The van der Waals surface area contributed by atoms with Gasteiger partial charge in [-0.25, -0.2) is 0 Å². The Kier molecular flexibility index (Phi) is 6.06. The number of anilines is 3. The zero-order valence-electron chi connectivity index (χ0n) is 24.9. The van der Waals surface area contributed by atoms with E-state index in [4.69, 9.17) is 0 Å². The highest BCUT2D eigenvalue weighted by atomic mass is 31.2. The van der Waals surface area contributed by atoms with Gasteiger partial charge in [-0.2, -0.15) is 0 Å². The van der Waals surface area contributed by atoms with Crippen LogP contribution in [0.15, 0.2) is 170 Å². The molecule has 1 aliphatic heterocycles. The summed E-state index contributed by atoms with van der Waals surface area (Å²) in [5.41, 5.74) is 8.40. The van der Waals surface area contributed by atoms with Crippen molar-refractivity contribution in [1.82, 2.24) is 9.55 Å². The van der Waals surface area contributed by atoms with Gasteiger partial charge >= 0.3 is 0 Å². The zero-order valence-corrected chi connectivity index (χ0v) is 25.8. The van der Waals surface area contributed by atoms with Gasteiger partial charge in [-0.05, 0) is 77.9 Å². The SMILES string of the molecule is O=P1(c2ccccc2)c2ccccc2N(c2ccccc2)c2ccc(-c3ccc4c(c3)c3ccccc3n4-c3ccncc3)cc21. The molecule has 1 unspecified atom stereocenters. The molecular weight excluding hydrogens is 581 g/mol. The first-order valence-electron chi connectivity index (χ1n) is 15.4. The lowest BCUT2D eigenvalue weighted by Crippen LogP contribution is -2.36. The maximum atomic E-state index is 15.8. The zero-order chi connectivity index (χ0) is 30.7. The summed E-state index contributed by atoms with van der Waals surface area (Å²) in [5, 5.41) is 4.89. The lowest BCUT2D eigenvalue weighted by molar-refractivity contribution is 0.592. The number of fused-ring (bicyclic) bond motifs is 5. The van der Waals surface area contributed by atoms with Crippen molar-refractivity contribution >= 4 is 61.9 Å². The van der Waals surface area contributed by atoms with Crippen molar-refractivity contribution in [3.63, 3.8) is 0 Å². The molecule has 6 aromatic carbocycles. The number of para-hydroxylation sites is 3. The van der Waals surface area contributed by atoms with E-state index in [1.54, 1.807) is 0 Å². The molecule has 0 spiro atoms. The quantitative estimate of drug-likeness (QED) is 0.187. The molecular formula is C41H28N3OP. The van der Waals surface area contributed by atoms with Gasteiger partial charge in [0.05, 0.1) is 22.4 Å². The second-order valence-corrected chi connectivity index (χ2v) is 14.3. The number of nitrogens with zero attached hydrogens (tertiary/aromatic N) is 3. The van der Waals surface area contributed by atoms with E-state index in [2.05, 4.69) is 105 Å². The van der Waals surface area contributed by atoms with Crippen molar-refractivity contribution in [3.05, 3.63) is 170 Å². The third kappa shape index (κ3) is 3.94. The summed E-state index contributed by atoms with van der Waals surface area (Å²) >= 11 is 0. The average molecular weight is 610 g/mol. The molecule has 3 heterocycles. The highest BCUT2D eigenvalue weighted by Gasteiger charge is 2.41. The smallest absolute Gasteiger partial charge is 0.175 e. The van der Waals surface area contributed by atoms with Crippen LogP contribution >= 0.6 is 7.14 Å². The molecule has 0 radical (unpaired) electrons. The highest BCUT2D eigenvalue weighted by Crippen LogP contribution is 2.54. The van der Waals surface area contributed by atoms with Gasteiger partial charge in [-0.3, -0.25) is 4.98 Å². The number of rotatable bonds is 4. The van der Waals surface area contributed by atoms with Gasteiger partial charge < -0.3 is 14.0 Å². The summed E-state index contributed by atoms with van der Waals surface area (Å²) in [6.07, 6.45) is 3.67. The molecule has 2 aromatic heterocycles. The Morgan fingerprint density at radius 2 is 1.11 bits per heavy atom. The summed E-state index contributed by atoms with van der Waals surface area (Å²) in [5.74, 6) is 0. The fraction of sp³-hybridized carbons (Fsp3) is 0. The predicted octanol–water partition coefficient (Wildman–Crippen LogP) is 9.27. The Morgan fingerprint density at radius 1 is 0.478 bits per heavy atom. The second kappa shape index (κ2) is 10.4. The minimum atomic E-state index is -3.23. The van der Waals surface area contributed by atoms with Crippen molar-refractivity contribution in [2.75, 3.05) is 4.90 Å². The van der Waals surface area contributed by atoms with Crippen LogP contribution in [0.25, 0.3) is 38.6 Å². The number of hydrogen-bond donors (Lipinski definition) is 0. The molecule has 0 saturated heterocycles. The molecule has 1 aliphatic rings. The minimum Gasteiger partial charge on any atom is -0.309 e. The molecule has 5 heteroatoms. The Hall–Kier alpha value is -5.70. The van der Waals surface area contributed by atoms with Crippen molar-refractivity contribution in [3.8, 4) is 16.8 Å². The topological polar surface area (TPSA) is 38.1 Å². The first-order chi connectivity index (χ1) is 22.7. The van der Waals surface area contributed by atoms with E-state index >= 15 is 4.57 Å². The molecule has 8 aromatic rings. The van der Waals surface area contributed by atoms with E-state index in [0.29, 0.717) is 0 Å². The van der Waals surface area contributed by atoms with Crippen molar-refractivity contribution in [1.29, 1.82) is 0 Å². The number of pyridine rings is 1. The molecule has 218 valence electrons. The summed E-state index contributed by atoms with van der Waals surface area (Å²) in [6, 6.07) is 54.2. The Labute approximate surface area is 267 Å². The molecule has 4 nitrogen and oxygen atoms in total. The summed E-state index contributed by atoms with van der Waals surface area (Å²) in [6.45, 7) is 0. The summed E-state index contributed by atoms with van der Waals surface area (Å²) < 4.78 is 18.0. The van der Waals surface area contributed by atoms with E-state index in [9.17, 15) is 0 Å². The maximum absolute atomic E-state index is 15.8. The van der Waals surface area contributed by atoms with Gasteiger partial charge in [-0.1, -0.05) is 91.0 Å². The van der Waals surface area contributed by atoms with E-state index in [1.165, 1.54) is 10.8 Å². The highest BCUT2D eigenvalue weighted by molar-refractivity contribution is 7.86. The van der Waals surface area contributed by atoms with Gasteiger partial charge in [0, 0.05) is 50.5 Å². The third-order valence-corrected chi connectivity index (χ3v) is 12.2. The fourth-order valence-electron chi connectivity index (χ4n) is 7.02. The summed E-state index contributed by atoms with van der Waals surface area (Å²) in [4.78, 5) is 6.49. The van der Waals surface area contributed by atoms with Gasteiger partial charge in [0.25, 0.3) is 0 Å². The Morgan fingerprint density at radius 3 is 1.93 bits per heavy atom. The van der Waals surface area contributed by atoms with Crippen LogP contribution in [0, 0.1) is 0 Å². The van der Waals surface area contributed by atoms with Crippen LogP contribution in [-0.2, 0) is 4.57 Å². The monoisotopic (exact) mass is 609 g/mol. The van der Waals surface area contributed by atoms with Gasteiger partial charge in [-0.15, -0.1) is 0 Å². The van der Waals surface area contributed by atoms with Crippen molar-refractivity contribution in [2.45, 2.75) is 0 Å². The second-order valence-electron chi connectivity index (χ2n) is 11.6. The van der Waals surface area contributed by atoms with E-state index in [-0.39, 0.29) is 0 Å². The Bertz CT molecular complexity index is 2450. The molecule has 9 rings (SSSR count). The molecule has 0 saturated carbocycles. The molecule has 0 N–H and O–H groups in total. The normalized spacial score (nSPS) is 15.5. The molecule has 1 atom stereocenters. The van der Waals surface area contributed by atoms with Crippen LogP contribution in [0.3, 0.4) is 0 Å². The number of benzene rings is 6. The van der Waals surface area contributed by atoms with E-state index in [1.807, 2.05) is 79.1 Å². The molecule has 0 fully saturated rings. The Balaban J connectivity index is 1.29. The molecule has 0 amide bonds. The lowest BCUT2D eigenvalue weighted by atomic mass is 10.0. The van der Waals surface area contributed by atoms with Crippen LogP contribution in [0.1, 0.15) is 0 Å². The van der Waals surface area contributed by atoms with E-state index < -0.39 is 7.14 Å². The minimum absolute atomic E-state index is 0.837. The molecule has 0 aliphatic carbocycles. The number of hydrogen-bond acceptors (Lipinski definition) is 3. The van der Waals surface area contributed by atoms with Crippen LogP contribution in [0.5, 0.6) is 0 Å². The van der Waals surface area contributed by atoms with Gasteiger partial charge in [0.1, 0.15) is 0 Å². The van der Waals surface area contributed by atoms with Gasteiger partial charge in [0.15, 0.2) is 7.14 Å². The van der Waals surface area contributed by atoms with Crippen molar-refractivity contribution in [2.24, 2.45) is 0 Å².